The van der Waals surface area contributed by atoms with E-state index in [2.05, 4.69) is 27.5 Å². The molecule has 6 rings (SSSR count). The van der Waals surface area contributed by atoms with Gasteiger partial charge in [0.2, 0.25) is 5.78 Å². The first-order chi connectivity index (χ1) is 21.8. The molecule has 1 saturated carbocycles. The molecule has 3 N–H and O–H groups in total. The minimum atomic E-state index is -2.84. The van der Waals surface area contributed by atoms with Crippen molar-refractivity contribution >= 4 is 11.6 Å². The fourth-order valence-corrected chi connectivity index (χ4v) is 6.20. The Morgan fingerprint density at radius 1 is 1.09 bits per heavy atom. The second-order valence-electron chi connectivity index (χ2n) is 11.4. The van der Waals surface area contributed by atoms with Crippen LogP contribution in [-0.2, 0) is 22.4 Å². The number of fused-ring (bicyclic) bond motifs is 1. The minimum absolute atomic E-state index is 0. The number of aryl methyl sites for hydroxylation is 1. The molecule has 14 heteroatoms. The summed E-state index contributed by atoms with van der Waals surface area (Å²) in [6, 6.07) is 15.5. The molecule has 2 aromatic heterocycles. The molecule has 46 heavy (non-hydrogen) atoms. The van der Waals surface area contributed by atoms with Crippen LogP contribution in [0.15, 0.2) is 64.6 Å². The van der Waals surface area contributed by atoms with Gasteiger partial charge >= 0.3 is 51.4 Å². The fraction of sp³-hybridized carbons (Fsp3) is 0.438. The number of hydrogen-bond acceptors (Lipinski definition) is 9. The summed E-state index contributed by atoms with van der Waals surface area (Å²) in [5.74, 6) is 0.939. The number of rotatable bonds is 11. The van der Waals surface area contributed by atoms with Crippen LogP contribution in [0.1, 0.15) is 67.5 Å². The van der Waals surface area contributed by atoms with Crippen LogP contribution in [-0.4, -0.2) is 66.9 Å². The third-order valence-corrected chi connectivity index (χ3v) is 8.44. The van der Waals surface area contributed by atoms with Gasteiger partial charge in [0.05, 0.1) is 18.4 Å². The molecular formula is C32H36F2KN6O5+. The SMILES string of the molecule is CCCc1c(Cc2ccc(-c3ccccc3C3=NC(O)ON3)cc2)c(=O)n(C2CCC(OCC(O)C(F)F)CC2)c2ncnn12.[K+]. The summed E-state index contributed by atoms with van der Waals surface area (Å²) in [5, 5.41) is 23.6. The van der Waals surface area contributed by atoms with E-state index in [9.17, 15) is 23.8 Å². The standard InChI is InChI=1S/C32H36F2N6O5.K/c1-2-5-26-25(16-19-8-10-20(11-9-19)23-6-3-4-7-24(23)29-37-32(43)45-38-29)30(42)39(31-35-18-36-40(26)31)21-12-14-22(15-13-21)44-17-27(41)28(33)34;/h3-4,6-11,18,21-22,27-28,32,41,43H,2,5,12-17H2,1H3,(H,37,38);/q;+1. The van der Waals surface area contributed by atoms with Crippen molar-refractivity contribution in [1.82, 2.24) is 24.6 Å². The van der Waals surface area contributed by atoms with E-state index in [1.807, 2.05) is 48.5 Å². The predicted octanol–water partition coefficient (Wildman–Crippen LogP) is 0.789. The Hall–Kier alpha value is -2.40. The molecule has 1 aliphatic heterocycles. The molecule has 0 amide bonds. The maximum absolute atomic E-state index is 14.2. The first-order valence-corrected chi connectivity index (χ1v) is 15.2. The summed E-state index contributed by atoms with van der Waals surface area (Å²) in [5.41, 5.74) is 7.67. The molecule has 4 aromatic rings. The molecule has 1 aliphatic carbocycles. The predicted molar refractivity (Wildman–Crippen MR) is 162 cm³/mol. The zero-order chi connectivity index (χ0) is 31.5. The smallest absolute Gasteiger partial charge is 0.385 e. The first kappa shape index (κ1) is 34.9. The quantitative estimate of drug-likeness (QED) is 0.201. The summed E-state index contributed by atoms with van der Waals surface area (Å²) < 4.78 is 34.4. The molecular weight excluding hydrogens is 625 g/mol. The molecule has 0 spiro atoms. The normalized spacial score (nSPS) is 20.4. The zero-order valence-corrected chi connectivity index (χ0v) is 29.0. The van der Waals surface area contributed by atoms with Gasteiger partial charge in [-0.1, -0.05) is 61.9 Å². The van der Waals surface area contributed by atoms with Crippen molar-refractivity contribution in [2.45, 2.75) is 83.0 Å². The monoisotopic (exact) mass is 661 g/mol. The number of aromatic nitrogens is 4. The van der Waals surface area contributed by atoms with Crippen LogP contribution in [0, 0.1) is 0 Å². The maximum atomic E-state index is 14.2. The summed E-state index contributed by atoms with van der Waals surface area (Å²) >= 11 is 0. The van der Waals surface area contributed by atoms with Crippen LogP contribution in [0.3, 0.4) is 0 Å². The molecule has 2 atom stereocenters. The summed E-state index contributed by atoms with van der Waals surface area (Å²) in [6.07, 6.45) is -0.421. The number of nitrogens with zero attached hydrogens (tertiary/aromatic N) is 5. The molecule has 238 valence electrons. The average Bonchev–Trinajstić information content (AvgIpc) is 3.72. The van der Waals surface area contributed by atoms with Crippen molar-refractivity contribution in [3.8, 4) is 11.1 Å². The van der Waals surface area contributed by atoms with Crippen molar-refractivity contribution in [2.75, 3.05) is 6.61 Å². The third-order valence-electron chi connectivity index (χ3n) is 8.44. The van der Waals surface area contributed by atoms with E-state index in [-0.39, 0.29) is 69.1 Å². The number of halogens is 2. The van der Waals surface area contributed by atoms with Crippen LogP contribution in [0.5, 0.6) is 0 Å². The second kappa shape index (κ2) is 15.7. The number of aliphatic imine (C=N–C) groups is 1. The van der Waals surface area contributed by atoms with E-state index in [0.717, 1.165) is 34.4 Å². The van der Waals surface area contributed by atoms with Gasteiger partial charge in [-0.2, -0.15) is 10.1 Å². The van der Waals surface area contributed by atoms with Crippen molar-refractivity contribution in [1.29, 1.82) is 0 Å². The van der Waals surface area contributed by atoms with E-state index in [1.165, 1.54) is 6.33 Å². The van der Waals surface area contributed by atoms with E-state index in [4.69, 9.17) is 9.57 Å². The molecule has 0 bridgehead atoms. The second-order valence-corrected chi connectivity index (χ2v) is 11.4. The van der Waals surface area contributed by atoms with E-state index in [1.54, 1.807) is 9.08 Å². The Balaban J connectivity index is 0.00000417. The van der Waals surface area contributed by atoms with Crippen molar-refractivity contribution in [3.05, 3.63) is 87.6 Å². The summed E-state index contributed by atoms with van der Waals surface area (Å²) in [7, 11) is 0. The Morgan fingerprint density at radius 3 is 2.46 bits per heavy atom. The number of ether oxygens (including phenoxy) is 1. The van der Waals surface area contributed by atoms with E-state index >= 15 is 0 Å². The van der Waals surface area contributed by atoms with Crippen molar-refractivity contribution < 1.29 is 80.0 Å². The van der Waals surface area contributed by atoms with Gasteiger partial charge in [-0.05, 0) is 48.8 Å². The van der Waals surface area contributed by atoms with E-state index < -0.39 is 25.6 Å². The fourth-order valence-electron chi connectivity index (χ4n) is 6.20. The average molecular weight is 662 g/mol. The van der Waals surface area contributed by atoms with Gasteiger partial charge in [0.1, 0.15) is 12.4 Å². The number of nitrogens with one attached hydrogen (secondary N) is 1. The topological polar surface area (TPSA) is 136 Å². The van der Waals surface area contributed by atoms with Gasteiger partial charge in [0.25, 0.3) is 18.4 Å². The molecule has 0 radical (unpaired) electrons. The van der Waals surface area contributed by atoms with Gasteiger partial charge < -0.3 is 14.9 Å². The number of amidine groups is 1. The van der Waals surface area contributed by atoms with Gasteiger partial charge in [0, 0.05) is 23.6 Å². The van der Waals surface area contributed by atoms with Crippen LogP contribution in [0.4, 0.5) is 8.78 Å². The molecule has 2 aromatic carbocycles. The molecule has 0 saturated heterocycles. The molecule has 3 heterocycles. The Bertz CT molecular complexity index is 1720. The molecule has 2 aliphatic rings. The number of benzene rings is 2. The van der Waals surface area contributed by atoms with E-state index in [0.29, 0.717) is 55.7 Å². The number of hydrogen-bond donors (Lipinski definition) is 3. The van der Waals surface area contributed by atoms with Gasteiger partial charge in [-0.25, -0.2) is 28.6 Å². The third kappa shape index (κ3) is 7.50. The number of alkyl halides is 2. The minimum Gasteiger partial charge on any atom is -0.385 e. The Kier molecular flexibility index (Phi) is 11.9. The Morgan fingerprint density at radius 2 is 1.80 bits per heavy atom. The van der Waals surface area contributed by atoms with Crippen LogP contribution in [0.2, 0.25) is 0 Å². The maximum Gasteiger partial charge on any atom is 1.00 e. The number of hydroxylamine groups is 1. The van der Waals surface area contributed by atoms with Gasteiger partial charge in [0.15, 0.2) is 5.84 Å². The summed E-state index contributed by atoms with van der Waals surface area (Å²) in [6.45, 7) is 1.65. The van der Waals surface area contributed by atoms with Crippen molar-refractivity contribution in [3.63, 3.8) is 0 Å². The number of aliphatic hydroxyl groups excluding tert-OH is 2. The van der Waals surface area contributed by atoms with Crippen LogP contribution in [0.25, 0.3) is 16.9 Å². The molecule has 2 unspecified atom stereocenters. The van der Waals surface area contributed by atoms with Gasteiger partial charge in [-0.3, -0.25) is 9.36 Å². The van der Waals surface area contributed by atoms with Crippen molar-refractivity contribution in [2.24, 2.45) is 4.99 Å². The Labute approximate surface area is 307 Å². The number of aliphatic hydroxyl groups is 2. The zero-order valence-electron chi connectivity index (χ0n) is 25.9. The first-order valence-electron chi connectivity index (χ1n) is 15.2. The van der Waals surface area contributed by atoms with Crippen LogP contribution < -0.4 is 62.4 Å². The molecule has 1 fully saturated rings. The van der Waals surface area contributed by atoms with Crippen LogP contribution >= 0.6 is 0 Å². The largest absolute Gasteiger partial charge is 1.00 e. The van der Waals surface area contributed by atoms with Gasteiger partial charge in [-0.15, -0.1) is 0 Å². The summed E-state index contributed by atoms with van der Waals surface area (Å²) in [4.78, 5) is 27.8. The molecule has 11 nitrogen and oxygen atoms in total.